The Bertz CT molecular complexity index is 522. The first kappa shape index (κ1) is 11.7. The number of hydrogen-bond acceptors (Lipinski definition) is 3. The number of nitrogens with one attached hydrogen (secondary N) is 1. The van der Waals surface area contributed by atoms with Crippen LogP contribution in [-0.4, -0.2) is 17.9 Å². The first-order valence-corrected chi connectivity index (χ1v) is 5.98. The molecule has 0 unspecified atom stereocenters. The van der Waals surface area contributed by atoms with Crippen LogP contribution in [0.4, 0.5) is 4.39 Å². The van der Waals surface area contributed by atoms with Gasteiger partial charge in [-0.3, -0.25) is 4.79 Å². The van der Waals surface area contributed by atoms with Crippen molar-refractivity contribution in [1.29, 1.82) is 0 Å². The molecule has 0 saturated carbocycles. The van der Waals surface area contributed by atoms with Crippen LogP contribution < -0.4 is 5.32 Å². The molecule has 1 aromatic carbocycles. The number of likely N-dealkylation sites (N-methyl/N-ethyl adjacent to an activating group) is 1. The van der Waals surface area contributed by atoms with E-state index in [2.05, 4.69) is 10.3 Å². The molecule has 0 spiro atoms. The molecule has 5 heteroatoms. The van der Waals surface area contributed by atoms with Crippen molar-refractivity contribution in [3.05, 3.63) is 41.2 Å². The van der Waals surface area contributed by atoms with Crippen LogP contribution in [0.1, 0.15) is 5.69 Å². The predicted molar refractivity (Wildman–Crippen MR) is 65.3 cm³/mol. The van der Waals surface area contributed by atoms with Crippen molar-refractivity contribution in [2.45, 2.75) is 6.42 Å². The lowest BCUT2D eigenvalue weighted by molar-refractivity contribution is -0.120. The number of benzene rings is 1. The summed E-state index contributed by atoms with van der Waals surface area (Å²) in [7, 11) is 1.59. The van der Waals surface area contributed by atoms with Gasteiger partial charge in [0.05, 0.1) is 12.1 Å². The standard InChI is InChI=1S/C12H11FN2OS/c1-14-11(16)6-10-7-17-12(15-10)8-2-4-9(13)5-3-8/h2-5,7H,6H2,1H3,(H,14,16). The van der Waals surface area contributed by atoms with E-state index in [1.165, 1.54) is 23.5 Å². The fourth-order valence-corrected chi connectivity index (χ4v) is 2.19. The molecule has 1 amide bonds. The van der Waals surface area contributed by atoms with Crippen molar-refractivity contribution in [1.82, 2.24) is 10.3 Å². The van der Waals surface area contributed by atoms with Crippen molar-refractivity contribution in [3.8, 4) is 10.6 Å². The first-order valence-electron chi connectivity index (χ1n) is 5.10. The molecule has 0 aliphatic rings. The second-order valence-electron chi connectivity index (χ2n) is 3.50. The van der Waals surface area contributed by atoms with Gasteiger partial charge in [0, 0.05) is 18.0 Å². The molecular weight excluding hydrogens is 239 g/mol. The van der Waals surface area contributed by atoms with E-state index in [9.17, 15) is 9.18 Å². The highest BCUT2D eigenvalue weighted by atomic mass is 32.1. The van der Waals surface area contributed by atoms with Gasteiger partial charge in [-0.25, -0.2) is 9.37 Å². The lowest BCUT2D eigenvalue weighted by Gasteiger charge is -1.96. The largest absolute Gasteiger partial charge is 0.359 e. The van der Waals surface area contributed by atoms with Crippen molar-refractivity contribution in [2.24, 2.45) is 0 Å². The molecule has 1 N–H and O–H groups in total. The van der Waals surface area contributed by atoms with Crippen LogP contribution in [0.5, 0.6) is 0 Å². The van der Waals surface area contributed by atoms with Gasteiger partial charge < -0.3 is 5.32 Å². The van der Waals surface area contributed by atoms with Gasteiger partial charge in [0.2, 0.25) is 5.91 Å². The number of rotatable bonds is 3. The normalized spacial score (nSPS) is 10.2. The summed E-state index contributed by atoms with van der Waals surface area (Å²) in [5.74, 6) is -0.336. The Morgan fingerprint density at radius 2 is 2.12 bits per heavy atom. The fraction of sp³-hybridized carbons (Fsp3) is 0.167. The summed E-state index contributed by atoms with van der Waals surface area (Å²) in [5, 5.41) is 5.18. The summed E-state index contributed by atoms with van der Waals surface area (Å²) in [4.78, 5) is 15.5. The van der Waals surface area contributed by atoms with E-state index in [0.29, 0.717) is 0 Å². The summed E-state index contributed by atoms with van der Waals surface area (Å²) < 4.78 is 12.8. The molecular formula is C12H11FN2OS. The molecule has 0 bridgehead atoms. The number of halogens is 1. The average molecular weight is 250 g/mol. The van der Waals surface area contributed by atoms with Crippen LogP contribution in [0.15, 0.2) is 29.6 Å². The Balaban J connectivity index is 2.18. The van der Waals surface area contributed by atoms with E-state index >= 15 is 0 Å². The Labute approximate surface area is 102 Å². The maximum absolute atomic E-state index is 12.8. The third kappa shape index (κ3) is 2.88. The Hall–Kier alpha value is -1.75. The molecule has 3 nitrogen and oxygen atoms in total. The lowest BCUT2D eigenvalue weighted by Crippen LogP contribution is -2.19. The van der Waals surface area contributed by atoms with Crippen LogP contribution in [0.2, 0.25) is 0 Å². The van der Waals surface area contributed by atoms with Crippen LogP contribution in [0.3, 0.4) is 0 Å². The maximum atomic E-state index is 12.8. The molecule has 17 heavy (non-hydrogen) atoms. The monoisotopic (exact) mass is 250 g/mol. The highest BCUT2D eigenvalue weighted by Crippen LogP contribution is 2.23. The minimum absolute atomic E-state index is 0.0686. The maximum Gasteiger partial charge on any atom is 0.225 e. The van der Waals surface area contributed by atoms with Crippen molar-refractivity contribution in [3.63, 3.8) is 0 Å². The number of aromatic nitrogens is 1. The minimum Gasteiger partial charge on any atom is -0.359 e. The van der Waals surface area contributed by atoms with E-state index in [1.54, 1.807) is 19.2 Å². The molecule has 0 aliphatic heterocycles. The summed E-state index contributed by atoms with van der Waals surface area (Å²) in [6, 6.07) is 6.15. The number of carbonyl (C=O) groups excluding carboxylic acids is 1. The molecule has 0 aliphatic carbocycles. The molecule has 88 valence electrons. The molecule has 0 saturated heterocycles. The van der Waals surface area contributed by atoms with Gasteiger partial charge in [0.15, 0.2) is 0 Å². The first-order chi connectivity index (χ1) is 8.19. The number of thiazole rings is 1. The third-order valence-corrected chi connectivity index (χ3v) is 3.20. The lowest BCUT2D eigenvalue weighted by atomic mass is 10.2. The molecule has 2 aromatic rings. The Morgan fingerprint density at radius 1 is 1.41 bits per heavy atom. The van der Waals surface area contributed by atoms with Crippen molar-refractivity contribution < 1.29 is 9.18 Å². The van der Waals surface area contributed by atoms with Crippen LogP contribution >= 0.6 is 11.3 Å². The van der Waals surface area contributed by atoms with E-state index in [-0.39, 0.29) is 18.1 Å². The van der Waals surface area contributed by atoms with Gasteiger partial charge in [-0.05, 0) is 24.3 Å². The third-order valence-electron chi connectivity index (χ3n) is 2.26. The highest BCUT2D eigenvalue weighted by molar-refractivity contribution is 7.13. The van der Waals surface area contributed by atoms with E-state index in [4.69, 9.17) is 0 Å². The molecule has 1 aromatic heterocycles. The van der Waals surface area contributed by atoms with Gasteiger partial charge in [0.25, 0.3) is 0 Å². The SMILES string of the molecule is CNC(=O)Cc1csc(-c2ccc(F)cc2)n1. The molecule has 0 radical (unpaired) electrons. The van der Waals surface area contributed by atoms with Gasteiger partial charge in [-0.1, -0.05) is 0 Å². The van der Waals surface area contributed by atoms with Crippen LogP contribution in [0, 0.1) is 5.82 Å². The fourth-order valence-electron chi connectivity index (χ4n) is 1.37. The number of amides is 1. The van der Waals surface area contributed by atoms with E-state index in [1.807, 2.05) is 5.38 Å². The Morgan fingerprint density at radius 3 is 2.76 bits per heavy atom. The van der Waals surface area contributed by atoms with Gasteiger partial charge >= 0.3 is 0 Å². The number of nitrogens with zero attached hydrogens (tertiary/aromatic N) is 1. The van der Waals surface area contributed by atoms with Gasteiger partial charge in [0.1, 0.15) is 10.8 Å². The van der Waals surface area contributed by atoms with Gasteiger partial charge in [-0.2, -0.15) is 0 Å². The summed E-state index contributed by atoms with van der Waals surface area (Å²) in [6.07, 6.45) is 0.272. The quantitative estimate of drug-likeness (QED) is 0.907. The highest BCUT2D eigenvalue weighted by Gasteiger charge is 2.07. The van der Waals surface area contributed by atoms with Crippen molar-refractivity contribution in [2.75, 3.05) is 7.05 Å². The summed E-state index contributed by atoms with van der Waals surface area (Å²) >= 11 is 1.45. The van der Waals surface area contributed by atoms with Crippen molar-refractivity contribution >= 4 is 17.2 Å². The summed E-state index contributed by atoms with van der Waals surface area (Å²) in [5.41, 5.74) is 1.59. The molecule has 0 fully saturated rings. The zero-order valence-corrected chi connectivity index (χ0v) is 10.1. The average Bonchev–Trinajstić information content (AvgIpc) is 2.78. The zero-order valence-electron chi connectivity index (χ0n) is 9.24. The predicted octanol–water partition coefficient (Wildman–Crippen LogP) is 2.24. The molecule has 1 heterocycles. The smallest absolute Gasteiger partial charge is 0.225 e. The van der Waals surface area contributed by atoms with Gasteiger partial charge in [-0.15, -0.1) is 11.3 Å². The zero-order chi connectivity index (χ0) is 12.3. The minimum atomic E-state index is -0.268. The molecule has 0 atom stereocenters. The summed E-state index contributed by atoms with van der Waals surface area (Å²) in [6.45, 7) is 0. The number of carbonyl (C=O) groups is 1. The van der Waals surface area contributed by atoms with Crippen LogP contribution in [0.25, 0.3) is 10.6 Å². The molecule has 2 rings (SSSR count). The second-order valence-corrected chi connectivity index (χ2v) is 4.36. The van der Waals surface area contributed by atoms with E-state index < -0.39 is 0 Å². The Kier molecular flexibility index (Phi) is 3.49. The van der Waals surface area contributed by atoms with Crippen LogP contribution in [-0.2, 0) is 11.2 Å². The topological polar surface area (TPSA) is 42.0 Å². The second kappa shape index (κ2) is 5.05. The number of hydrogen-bond donors (Lipinski definition) is 1. The van der Waals surface area contributed by atoms with E-state index in [0.717, 1.165) is 16.3 Å².